The number of nitrogens with zero attached hydrogens (tertiary/aromatic N) is 2. The Kier molecular flexibility index (Phi) is 7.57. The first-order valence-corrected chi connectivity index (χ1v) is 11.2. The Labute approximate surface area is 188 Å². The predicted molar refractivity (Wildman–Crippen MR) is 126 cm³/mol. The Balaban J connectivity index is 1.90. The van der Waals surface area contributed by atoms with Gasteiger partial charge in [-0.3, -0.25) is 14.2 Å². The molecule has 168 valence electrons. The van der Waals surface area contributed by atoms with E-state index in [2.05, 4.69) is 11.9 Å². The molecule has 2 aromatic carbocycles. The van der Waals surface area contributed by atoms with Crippen LogP contribution >= 0.6 is 0 Å². The summed E-state index contributed by atoms with van der Waals surface area (Å²) in [6.45, 7) is 7.25. The third-order valence-corrected chi connectivity index (χ3v) is 5.54. The van der Waals surface area contributed by atoms with E-state index in [1.54, 1.807) is 49.4 Å². The van der Waals surface area contributed by atoms with Crippen molar-refractivity contribution >= 4 is 22.7 Å². The molecular formula is C26H30N2O4. The summed E-state index contributed by atoms with van der Waals surface area (Å²) in [6.07, 6.45) is 5.21. The smallest absolute Gasteiger partial charge is 0.338 e. The molecule has 0 saturated heterocycles. The highest BCUT2D eigenvalue weighted by Crippen LogP contribution is 2.20. The SMILES string of the molecule is CCCCCCC(C)OC(=O)c1ccc(-n2c(C(C)=O)nc3ccccc3c2=O)c(C)c1. The Morgan fingerprint density at radius 2 is 1.84 bits per heavy atom. The maximum atomic E-state index is 13.2. The number of aryl methyl sites for hydroxylation is 1. The van der Waals surface area contributed by atoms with Gasteiger partial charge in [0.1, 0.15) is 0 Å². The van der Waals surface area contributed by atoms with Gasteiger partial charge in [-0.05, 0) is 62.6 Å². The number of carbonyl (C=O) groups excluding carboxylic acids is 2. The molecule has 0 aliphatic rings. The minimum atomic E-state index is -0.390. The molecule has 6 nitrogen and oxygen atoms in total. The Hall–Kier alpha value is -3.28. The number of rotatable bonds is 9. The Bertz CT molecular complexity index is 1200. The maximum absolute atomic E-state index is 13.2. The summed E-state index contributed by atoms with van der Waals surface area (Å²) in [4.78, 5) is 42.5. The average Bonchev–Trinajstić information content (AvgIpc) is 2.77. The fourth-order valence-electron chi connectivity index (χ4n) is 3.79. The zero-order valence-electron chi connectivity index (χ0n) is 19.2. The molecule has 0 radical (unpaired) electrons. The average molecular weight is 435 g/mol. The van der Waals surface area contributed by atoms with Crippen LogP contribution in [-0.2, 0) is 4.74 Å². The maximum Gasteiger partial charge on any atom is 0.338 e. The van der Waals surface area contributed by atoms with Gasteiger partial charge in [-0.25, -0.2) is 9.78 Å². The van der Waals surface area contributed by atoms with Crippen LogP contribution in [0.2, 0.25) is 0 Å². The van der Waals surface area contributed by atoms with Crippen molar-refractivity contribution in [2.24, 2.45) is 0 Å². The highest BCUT2D eigenvalue weighted by Gasteiger charge is 2.19. The van der Waals surface area contributed by atoms with Crippen molar-refractivity contribution in [2.75, 3.05) is 0 Å². The third-order valence-electron chi connectivity index (χ3n) is 5.54. The van der Waals surface area contributed by atoms with Gasteiger partial charge in [-0.1, -0.05) is 38.3 Å². The van der Waals surface area contributed by atoms with E-state index in [0.717, 1.165) is 19.3 Å². The molecule has 3 rings (SSSR count). The van der Waals surface area contributed by atoms with Gasteiger partial charge in [0.05, 0.1) is 28.3 Å². The number of Topliss-reactive ketones (excluding diaryl/α,β-unsaturated/α-hetero) is 1. The largest absolute Gasteiger partial charge is 0.459 e. The highest BCUT2D eigenvalue weighted by molar-refractivity contribution is 5.94. The fourth-order valence-corrected chi connectivity index (χ4v) is 3.79. The minimum absolute atomic E-state index is 0.0628. The number of hydrogen-bond donors (Lipinski definition) is 0. The molecule has 0 fully saturated rings. The van der Waals surface area contributed by atoms with Crippen molar-refractivity contribution in [1.29, 1.82) is 0 Å². The molecule has 0 aliphatic carbocycles. The van der Waals surface area contributed by atoms with Gasteiger partial charge < -0.3 is 4.74 Å². The summed E-state index contributed by atoms with van der Waals surface area (Å²) in [7, 11) is 0. The first-order chi connectivity index (χ1) is 15.3. The van der Waals surface area contributed by atoms with Crippen LogP contribution in [0.3, 0.4) is 0 Å². The van der Waals surface area contributed by atoms with Gasteiger partial charge in [0.25, 0.3) is 5.56 Å². The molecule has 0 bridgehead atoms. The van der Waals surface area contributed by atoms with Gasteiger partial charge in [0.15, 0.2) is 11.6 Å². The first-order valence-electron chi connectivity index (χ1n) is 11.2. The predicted octanol–water partition coefficient (Wildman–Crippen LogP) is 5.41. The van der Waals surface area contributed by atoms with Crippen LogP contribution in [0.5, 0.6) is 0 Å². The molecule has 0 spiro atoms. The fraction of sp³-hybridized carbons (Fsp3) is 0.385. The van der Waals surface area contributed by atoms with Crippen molar-refractivity contribution in [3.63, 3.8) is 0 Å². The number of unbranched alkanes of at least 4 members (excludes halogenated alkanes) is 3. The normalized spacial score (nSPS) is 12.0. The molecule has 0 amide bonds. The van der Waals surface area contributed by atoms with Crippen LogP contribution in [0, 0.1) is 6.92 Å². The number of ketones is 1. The number of aromatic nitrogens is 2. The van der Waals surface area contributed by atoms with E-state index in [1.807, 2.05) is 6.92 Å². The lowest BCUT2D eigenvalue weighted by molar-refractivity contribution is 0.0319. The second kappa shape index (κ2) is 10.4. The van der Waals surface area contributed by atoms with E-state index in [1.165, 1.54) is 24.3 Å². The van der Waals surface area contributed by atoms with E-state index < -0.39 is 5.97 Å². The van der Waals surface area contributed by atoms with Gasteiger partial charge in [0, 0.05) is 6.92 Å². The van der Waals surface area contributed by atoms with Gasteiger partial charge in [-0.2, -0.15) is 0 Å². The van der Waals surface area contributed by atoms with Gasteiger partial charge in [0.2, 0.25) is 0 Å². The van der Waals surface area contributed by atoms with Crippen LogP contribution < -0.4 is 5.56 Å². The number of carbonyl (C=O) groups is 2. The second-order valence-electron chi connectivity index (χ2n) is 8.22. The molecule has 0 N–H and O–H groups in total. The summed E-state index contributed by atoms with van der Waals surface area (Å²) in [6, 6.07) is 11.9. The van der Waals surface area contributed by atoms with Crippen molar-refractivity contribution in [2.45, 2.75) is 65.9 Å². The topological polar surface area (TPSA) is 78.3 Å². The lowest BCUT2D eigenvalue weighted by atomic mass is 10.1. The standard InChI is InChI=1S/C26H30N2O4/c1-5-6-7-8-11-18(3)32-26(31)20-14-15-23(17(2)16-20)28-24(19(4)29)27-22-13-10-9-12-21(22)25(28)30/h9-10,12-16,18H,5-8,11H2,1-4H3. The third kappa shape index (κ3) is 5.13. The Morgan fingerprint density at radius 3 is 2.53 bits per heavy atom. The second-order valence-corrected chi connectivity index (χ2v) is 8.22. The van der Waals surface area contributed by atoms with Crippen molar-refractivity contribution < 1.29 is 14.3 Å². The quantitative estimate of drug-likeness (QED) is 0.255. The Morgan fingerprint density at radius 1 is 1.09 bits per heavy atom. The number of hydrogen-bond acceptors (Lipinski definition) is 5. The van der Waals surface area contributed by atoms with Crippen molar-refractivity contribution in [3.8, 4) is 5.69 Å². The van der Waals surface area contributed by atoms with E-state index in [0.29, 0.717) is 27.7 Å². The van der Waals surface area contributed by atoms with Gasteiger partial charge >= 0.3 is 5.97 Å². The van der Waals surface area contributed by atoms with Crippen LogP contribution in [0.4, 0.5) is 0 Å². The number of benzene rings is 2. The molecule has 0 saturated carbocycles. The first kappa shape index (κ1) is 23.4. The van der Waals surface area contributed by atoms with Crippen LogP contribution in [-0.4, -0.2) is 27.4 Å². The molecule has 1 heterocycles. The summed E-state index contributed by atoms with van der Waals surface area (Å²) in [5, 5.41) is 0.428. The van der Waals surface area contributed by atoms with Gasteiger partial charge in [-0.15, -0.1) is 0 Å². The number of para-hydroxylation sites is 1. The number of fused-ring (bicyclic) bond motifs is 1. The molecular weight excluding hydrogens is 404 g/mol. The summed E-state index contributed by atoms with van der Waals surface area (Å²) >= 11 is 0. The van der Waals surface area contributed by atoms with Crippen molar-refractivity contribution in [1.82, 2.24) is 9.55 Å². The summed E-state index contributed by atoms with van der Waals surface area (Å²) < 4.78 is 6.91. The molecule has 6 heteroatoms. The molecule has 1 aromatic heterocycles. The summed E-state index contributed by atoms with van der Waals surface area (Å²) in [5.74, 6) is -0.640. The minimum Gasteiger partial charge on any atom is -0.459 e. The van der Waals surface area contributed by atoms with Crippen LogP contribution in [0.1, 0.15) is 79.4 Å². The van der Waals surface area contributed by atoms with E-state index in [4.69, 9.17) is 4.74 Å². The zero-order valence-corrected chi connectivity index (χ0v) is 19.2. The van der Waals surface area contributed by atoms with Crippen molar-refractivity contribution in [3.05, 3.63) is 69.8 Å². The highest BCUT2D eigenvalue weighted by atomic mass is 16.5. The number of ether oxygens (including phenoxy) is 1. The van der Waals surface area contributed by atoms with E-state index in [9.17, 15) is 14.4 Å². The molecule has 0 aliphatic heterocycles. The van der Waals surface area contributed by atoms with E-state index in [-0.39, 0.29) is 23.3 Å². The van der Waals surface area contributed by atoms with Crippen LogP contribution in [0.15, 0.2) is 47.3 Å². The van der Waals surface area contributed by atoms with E-state index >= 15 is 0 Å². The molecule has 32 heavy (non-hydrogen) atoms. The number of esters is 1. The molecule has 3 aromatic rings. The molecule has 1 unspecified atom stereocenters. The monoisotopic (exact) mass is 434 g/mol. The lowest BCUT2D eigenvalue weighted by Crippen LogP contribution is -2.26. The lowest BCUT2D eigenvalue weighted by Gasteiger charge is -2.16. The zero-order chi connectivity index (χ0) is 23.3. The molecule has 1 atom stereocenters. The van der Waals surface area contributed by atoms with Crippen LogP contribution in [0.25, 0.3) is 16.6 Å². The summed E-state index contributed by atoms with van der Waals surface area (Å²) in [5.41, 5.74) is 1.77.